The fourth-order valence-electron chi connectivity index (χ4n) is 7.31. The molecule has 248 valence electrons. The molecule has 4 nitrogen and oxygen atoms in total. The number of para-hydroxylation sites is 1. The van der Waals surface area contributed by atoms with Gasteiger partial charge >= 0.3 is 0 Å². The molecule has 0 fully saturated rings. The first kappa shape index (κ1) is 30.5. The Morgan fingerprint density at radius 3 is 1.66 bits per heavy atom. The van der Waals surface area contributed by atoms with Crippen molar-refractivity contribution in [2.45, 2.75) is 0 Å². The fourth-order valence-corrected chi connectivity index (χ4v) is 10.5. The first-order valence-electron chi connectivity index (χ1n) is 17.4. The minimum Gasteiger partial charge on any atom is -0.236 e. The van der Waals surface area contributed by atoms with E-state index < -0.39 is 0 Å². The largest absolute Gasteiger partial charge is 0.236 e. The molecule has 0 bridgehead atoms. The molecule has 0 amide bonds. The highest BCUT2D eigenvalue weighted by Crippen LogP contribution is 2.43. The number of rotatable bonds is 5. The summed E-state index contributed by atoms with van der Waals surface area (Å²) in [7, 11) is 0. The van der Waals surface area contributed by atoms with Crippen LogP contribution in [-0.2, 0) is 0 Å². The van der Waals surface area contributed by atoms with Crippen LogP contribution in [0.4, 0.5) is 0 Å². The molecule has 0 N–H and O–H groups in total. The van der Waals surface area contributed by atoms with E-state index in [0.717, 1.165) is 49.3 Å². The summed E-state index contributed by atoms with van der Waals surface area (Å²) in [5, 5.41) is 5.78. The lowest BCUT2D eigenvalue weighted by Crippen LogP contribution is -2.00. The quantitative estimate of drug-likeness (QED) is 0.177. The molecule has 7 heteroatoms. The van der Waals surface area contributed by atoms with E-state index in [1.165, 1.54) is 39.7 Å². The van der Waals surface area contributed by atoms with E-state index in [1.54, 1.807) is 34.0 Å². The Hall–Kier alpha value is -6.12. The van der Waals surface area contributed by atoms with E-state index >= 15 is 0 Å². The van der Waals surface area contributed by atoms with Gasteiger partial charge < -0.3 is 0 Å². The Balaban J connectivity index is 1.10. The smallest absolute Gasteiger partial charge is 0.164 e. The second-order valence-electron chi connectivity index (χ2n) is 13.0. The molecule has 11 rings (SSSR count). The van der Waals surface area contributed by atoms with Crippen LogP contribution in [0.2, 0.25) is 0 Å². The molecule has 0 spiro atoms. The van der Waals surface area contributed by atoms with Crippen LogP contribution in [0.3, 0.4) is 0 Å². The lowest BCUT2D eigenvalue weighted by Gasteiger charge is -2.11. The zero-order valence-corrected chi connectivity index (χ0v) is 30.5. The maximum absolute atomic E-state index is 5.30. The molecule has 0 aliphatic rings. The standard InChI is InChI=1S/C46H26N4S3/c1-2-11-27(12-3-1)43-48-44(32-16-9-21-39-41(32)31-15-4-6-19-36(31)51-39)50-45(49-43)33-17-10-22-40-42(33)34-26-29(23-24-37(34)52-40)28-13-8-14-30(25-28)46-47-35-18-5-7-20-38(35)53-46/h1-26H. The van der Waals surface area contributed by atoms with E-state index in [0.29, 0.717) is 17.5 Å². The molecular formula is C46H26N4S3. The third kappa shape index (κ3) is 5.16. The van der Waals surface area contributed by atoms with Gasteiger partial charge in [0.25, 0.3) is 0 Å². The summed E-state index contributed by atoms with van der Waals surface area (Å²) < 4.78 is 6.10. The Labute approximate surface area is 316 Å². The average Bonchev–Trinajstić information content (AvgIpc) is 3.94. The SMILES string of the molecule is c1ccc(-c2nc(-c3cccc4sc5ccccc5c34)nc(-c3cccc4sc5ccc(-c6cccc(-c7nc8ccccc8s7)c6)cc5c34)n2)cc1. The van der Waals surface area contributed by atoms with Gasteiger partial charge in [0.15, 0.2) is 17.5 Å². The summed E-state index contributed by atoms with van der Waals surface area (Å²) in [5.41, 5.74) is 7.44. The number of benzene rings is 7. The maximum Gasteiger partial charge on any atom is 0.164 e. The lowest BCUT2D eigenvalue weighted by molar-refractivity contribution is 1.08. The number of thiazole rings is 1. The minimum atomic E-state index is 0.658. The van der Waals surface area contributed by atoms with Gasteiger partial charge in [0, 0.05) is 62.6 Å². The molecule has 7 aromatic carbocycles. The van der Waals surface area contributed by atoms with Gasteiger partial charge in [-0.1, -0.05) is 109 Å². The predicted molar refractivity (Wildman–Crippen MR) is 226 cm³/mol. The van der Waals surface area contributed by atoms with E-state index in [-0.39, 0.29) is 0 Å². The van der Waals surface area contributed by atoms with Crippen molar-refractivity contribution in [3.63, 3.8) is 0 Å². The summed E-state index contributed by atoms with van der Waals surface area (Å²) in [6.45, 7) is 0. The predicted octanol–water partition coefficient (Wildman–Crippen LogP) is 13.6. The second kappa shape index (κ2) is 12.2. The van der Waals surface area contributed by atoms with E-state index in [2.05, 4.69) is 133 Å². The summed E-state index contributed by atoms with van der Waals surface area (Å²) in [6, 6.07) is 55.6. The summed E-state index contributed by atoms with van der Waals surface area (Å²) in [6.07, 6.45) is 0. The number of nitrogens with zero attached hydrogens (tertiary/aromatic N) is 4. The third-order valence-corrected chi connectivity index (χ3v) is 13.1. The molecule has 0 radical (unpaired) electrons. The number of hydrogen-bond donors (Lipinski definition) is 0. The third-order valence-electron chi connectivity index (χ3n) is 9.78. The van der Waals surface area contributed by atoms with Gasteiger partial charge in [-0.05, 0) is 59.7 Å². The molecule has 0 aliphatic carbocycles. The van der Waals surface area contributed by atoms with Crippen LogP contribution in [-0.4, -0.2) is 19.9 Å². The zero-order chi connectivity index (χ0) is 34.9. The van der Waals surface area contributed by atoms with Gasteiger partial charge in [-0.15, -0.1) is 34.0 Å². The summed E-state index contributed by atoms with van der Waals surface area (Å²) >= 11 is 5.34. The molecule has 0 aliphatic heterocycles. The highest BCUT2D eigenvalue weighted by atomic mass is 32.1. The van der Waals surface area contributed by atoms with Gasteiger partial charge in [0.05, 0.1) is 10.2 Å². The van der Waals surface area contributed by atoms with Crippen molar-refractivity contribution in [3.05, 3.63) is 158 Å². The Kier molecular flexibility index (Phi) is 7.05. The van der Waals surface area contributed by atoms with Crippen molar-refractivity contribution in [2.75, 3.05) is 0 Å². The number of fused-ring (bicyclic) bond motifs is 7. The summed E-state index contributed by atoms with van der Waals surface area (Å²) in [4.78, 5) is 20.6. The van der Waals surface area contributed by atoms with Crippen molar-refractivity contribution in [1.82, 2.24) is 19.9 Å². The molecule has 4 aromatic heterocycles. The highest BCUT2D eigenvalue weighted by Gasteiger charge is 2.20. The molecule has 53 heavy (non-hydrogen) atoms. The zero-order valence-electron chi connectivity index (χ0n) is 28.0. The minimum absolute atomic E-state index is 0.658. The van der Waals surface area contributed by atoms with Crippen molar-refractivity contribution >= 4 is 84.6 Å². The van der Waals surface area contributed by atoms with Crippen molar-refractivity contribution in [1.29, 1.82) is 0 Å². The molecular weight excluding hydrogens is 705 g/mol. The van der Waals surface area contributed by atoms with Gasteiger partial charge in [-0.25, -0.2) is 19.9 Å². The van der Waals surface area contributed by atoms with E-state index in [9.17, 15) is 0 Å². The number of hydrogen-bond acceptors (Lipinski definition) is 7. The van der Waals surface area contributed by atoms with E-state index in [1.807, 2.05) is 24.3 Å². The van der Waals surface area contributed by atoms with Crippen molar-refractivity contribution < 1.29 is 0 Å². The van der Waals surface area contributed by atoms with Crippen LogP contribution in [0.25, 0.3) is 106 Å². The summed E-state index contributed by atoms with van der Waals surface area (Å²) in [5.74, 6) is 2.00. The van der Waals surface area contributed by atoms with Crippen LogP contribution < -0.4 is 0 Å². The van der Waals surface area contributed by atoms with Crippen LogP contribution in [0, 0.1) is 0 Å². The van der Waals surface area contributed by atoms with E-state index in [4.69, 9.17) is 19.9 Å². The normalized spacial score (nSPS) is 11.8. The number of aromatic nitrogens is 4. The Morgan fingerprint density at radius 1 is 0.321 bits per heavy atom. The Bertz CT molecular complexity index is 3160. The molecule has 0 saturated heterocycles. The monoisotopic (exact) mass is 730 g/mol. The van der Waals surface area contributed by atoms with Gasteiger partial charge in [-0.3, -0.25) is 0 Å². The first-order valence-corrected chi connectivity index (χ1v) is 19.8. The fraction of sp³-hybridized carbons (Fsp3) is 0. The molecule has 4 heterocycles. The topological polar surface area (TPSA) is 51.6 Å². The van der Waals surface area contributed by atoms with Gasteiger partial charge in [0.1, 0.15) is 5.01 Å². The van der Waals surface area contributed by atoms with Gasteiger partial charge in [-0.2, -0.15) is 0 Å². The van der Waals surface area contributed by atoms with Crippen molar-refractivity contribution in [2.24, 2.45) is 0 Å². The van der Waals surface area contributed by atoms with Crippen LogP contribution in [0.1, 0.15) is 0 Å². The van der Waals surface area contributed by atoms with Gasteiger partial charge in [0.2, 0.25) is 0 Å². The molecule has 11 aromatic rings. The second-order valence-corrected chi connectivity index (χ2v) is 16.2. The Morgan fingerprint density at radius 2 is 0.887 bits per heavy atom. The average molecular weight is 731 g/mol. The highest BCUT2D eigenvalue weighted by molar-refractivity contribution is 7.26. The van der Waals surface area contributed by atoms with Crippen LogP contribution in [0.15, 0.2) is 158 Å². The molecule has 0 unspecified atom stereocenters. The molecule has 0 saturated carbocycles. The maximum atomic E-state index is 5.30. The molecule has 0 atom stereocenters. The van der Waals surface area contributed by atoms with Crippen LogP contribution >= 0.6 is 34.0 Å². The lowest BCUT2D eigenvalue weighted by atomic mass is 9.99. The van der Waals surface area contributed by atoms with Crippen LogP contribution in [0.5, 0.6) is 0 Å². The number of thiophene rings is 2. The first-order chi connectivity index (χ1) is 26.2. The van der Waals surface area contributed by atoms with Crippen molar-refractivity contribution in [3.8, 4) is 55.9 Å².